The Bertz CT molecular complexity index is 1080. The number of rotatable bonds is 7. The highest BCUT2D eigenvalue weighted by Gasteiger charge is 2.27. The Labute approximate surface area is 171 Å². The second-order valence-corrected chi connectivity index (χ2v) is 8.59. The number of hydrogen-bond acceptors (Lipinski definition) is 4. The number of hydrogen-bond donors (Lipinski definition) is 1. The predicted molar refractivity (Wildman–Crippen MR) is 113 cm³/mol. The first-order valence-electron chi connectivity index (χ1n) is 9.18. The number of pyridine rings is 1. The Morgan fingerprint density at radius 1 is 0.966 bits per heavy atom. The number of aromatic nitrogens is 1. The van der Waals surface area contributed by atoms with E-state index in [1.165, 1.54) is 12.1 Å². The van der Waals surface area contributed by atoms with Crippen molar-refractivity contribution >= 4 is 21.6 Å². The Hall–Kier alpha value is -3.19. The molecule has 1 aromatic heterocycles. The molecule has 0 saturated heterocycles. The van der Waals surface area contributed by atoms with E-state index >= 15 is 0 Å². The van der Waals surface area contributed by atoms with Crippen molar-refractivity contribution in [3.05, 3.63) is 89.7 Å². The zero-order valence-corrected chi connectivity index (χ0v) is 17.2. The van der Waals surface area contributed by atoms with Gasteiger partial charge in [-0.15, -0.1) is 0 Å². The third-order valence-electron chi connectivity index (χ3n) is 4.64. The molecule has 3 aromatic rings. The summed E-state index contributed by atoms with van der Waals surface area (Å²) in [5.74, 6) is -0.389. The lowest BCUT2D eigenvalue weighted by atomic mass is 10.1. The van der Waals surface area contributed by atoms with Gasteiger partial charge in [0, 0.05) is 18.9 Å². The van der Waals surface area contributed by atoms with Gasteiger partial charge in [-0.3, -0.25) is 14.1 Å². The molecule has 0 aliphatic heterocycles. The van der Waals surface area contributed by atoms with Gasteiger partial charge in [-0.05, 0) is 66.9 Å². The van der Waals surface area contributed by atoms with E-state index in [9.17, 15) is 13.2 Å². The molecular weight excluding hydrogens is 386 g/mol. The zero-order chi connectivity index (χ0) is 20.9. The van der Waals surface area contributed by atoms with Crippen LogP contribution in [-0.4, -0.2) is 25.9 Å². The molecule has 0 fully saturated rings. The second kappa shape index (κ2) is 8.87. The summed E-state index contributed by atoms with van der Waals surface area (Å²) in [6, 6.07) is 17.1. The molecule has 0 aliphatic carbocycles. The first-order chi connectivity index (χ1) is 13.9. The second-order valence-electron chi connectivity index (χ2n) is 6.73. The summed E-state index contributed by atoms with van der Waals surface area (Å²) in [7, 11) is -3.90. The summed E-state index contributed by atoms with van der Waals surface area (Å²) in [5.41, 5.74) is 3.34. The summed E-state index contributed by atoms with van der Waals surface area (Å²) in [6.07, 6.45) is 3.28. The van der Waals surface area contributed by atoms with Crippen LogP contribution in [0, 0.1) is 13.8 Å². The van der Waals surface area contributed by atoms with E-state index < -0.39 is 10.0 Å². The highest BCUT2D eigenvalue weighted by atomic mass is 32.2. The van der Waals surface area contributed by atoms with Gasteiger partial charge < -0.3 is 5.32 Å². The smallest absolute Gasteiger partial charge is 0.264 e. The Kier molecular flexibility index (Phi) is 6.29. The average Bonchev–Trinajstić information content (AvgIpc) is 2.74. The molecule has 0 unspecified atom stereocenters. The molecule has 1 N–H and O–H groups in total. The summed E-state index contributed by atoms with van der Waals surface area (Å²) in [5, 5.41) is 2.78. The van der Waals surface area contributed by atoms with Crippen LogP contribution in [0.4, 0.5) is 5.69 Å². The highest BCUT2D eigenvalue weighted by molar-refractivity contribution is 7.92. The minimum absolute atomic E-state index is 0.139. The van der Waals surface area contributed by atoms with Gasteiger partial charge in [0.15, 0.2) is 0 Å². The largest absolute Gasteiger partial charge is 0.350 e. The predicted octanol–water partition coefficient (Wildman–Crippen LogP) is 3.21. The topological polar surface area (TPSA) is 79.4 Å². The SMILES string of the molecule is Cc1ccc(N(CC(=O)NCc2ccncc2)S(=O)(=O)c2ccccc2)cc1C. The summed E-state index contributed by atoms with van der Waals surface area (Å²) >= 11 is 0. The van der Waals surface area contributed by atoms with E-state index in [1.54, 1.807) is 54.9 Å². The van der Waals surface area contributed by atoms with Crippen molar-refractivity contribution in [2.45, 2.75) is 25.3 Å². The Morgan fingerprint density at radius 2 is 1.66 bits per heavy atom. The molecule has 7 heteroatoms. The molecule has 29 heavy (non-hydrogen) atoms. The fourth-order valence-corrected chi connectivity index (χ4v) is 4.24. The van der Waals surface area contributed by atoms with Gasteiger partial charge in [-0.1, -0.05) is 24.3 Å². The van der Waals surface area contributed by atoms with E-state index in [0.29, 0.717) is 12.2 Å². The monoisotopic (exact) mass is 409 g/mol. The van der Waals surface area contributed by atoms with Crippen LogP contribution in [0.1, 0.15) is 16.7 Å². The van der Waals surface area contributed by atoms with E-state index in [1.807, 2.05) is 19.9 Å². The fourth-order valence-electron chi connectivity index (χ4n) is 2.80. The minimum atomic E-state index is -3.90. The number of carbonyl (C=O) groups is 1. The molecule has 1 heterocycles. The third-order valence-corrected chi connectivity index (χ3v) is 6.42. The van der Waals surface area contributed by atoms with Crippen LogP contribution in [0.5, 0.6) is 0 Å². The van der Waals surface area contributed by atoms with Crippen molar-refractivity contribution in [1.82, 2.24) is 10.3 Å². The van der Waals surface area contributed by atoms with Gasteiger partial charge in [-0.2, -0.15) is 0 Å². The van der Waals surface area contributed by atoms with Crippen molar-refractivity contribution in [2.24, 2.45) is 0 Å². The minimum Gasteiger partial charge on any atom is -0.350 e. The Balaban J connectivity index is 1.88. The number of benzene rings is 2. The highest BCUT2D eigenvalue weighted by Crippen LogP contribution is 2.25. The van der Waals surface area contributed by atoms with Crippen LogP contribution < -0.4 is 9.62 Å². The van der Waals surface area contributed by atoms with Crippen molar-refractivity contribution in [3.8, 4) is 0 Å². The van der Waals surface area contributed by atoms with Gasteiger partial charge in [-0.25, -0.2) is 8.42 Å². The molecule has 0 spiro atoms. The first-order valence-corrected chi connectivity index (χ1v) is 10.6. The number of amides is 1. The lowest BCUT2D eigenvalue weighted by Crippen LogP contribution is -2.40. The summed E-state index contributed by atoms with van der Waals surface area (Å²) in [4.78, 5) is 16.7. The maximum Gasteiger partial charge on any atom is 0.264 e. The number of carbonyl (C=O) groups excluding carboxylic acids is 1. The van der Waals surface area contributed by atoms with Crippen LogP contribution >= 0.6 is 0 Å². The number of nitrogens with zero attached hydrogens (tertiary/aromatic N) is 2. The summed E-state index contributed by atoms with van der Waals surface area (Å²) < 4.78 is 27.7. The molecule has 150 valence electrons. The lowest BCUT2D eigenvalue weighted by Gasteiger charge is -2.25. The van der Waals surface area contributed by atoms with Crippen LogP contribution in [0.3, 0.4) is 0 Å². The van der Waals surface area contributed by atoms with E-state index in [4.69, 9.17) is 0 Å². The number of aryl methyl sites for hydroxylation is 2. The molecule has 1 amide bonds. The van der Waals surface area contributed by atoms with Crippen molar-refractivity contribution in [2.75, 3.05) is 10.8 Å². The molecule has 0 aliphatic rings. The zero-order valence-electron chi connectivity index (χ0n) is 16.4. The molecular formula is C22H23N3O3S. The average molecular weight is 410 g/mol. The van der Waals surface area contributed by atoms with Crippen molar-refractivity contribution in [3.63, 3.8) is 0 Å². The first kappa shape index (κ1) is 20.5. The fraction of sp³-hybridized carbons (Fsp3) is 0.182. The van der Waals surface area contributed by atoms with Gasteiger partial charge in [0.05, 0.1) is 10.6 Å². The molecule has 0 atom stereocenters. The maximum atomic E-state index is 13.3. The van der Waals surface area contributed by atoms with Crippen molar-refractivity contribution < 1.29 is 13.2 Å². The summed E-state index contributed by atoms with van der Waals surface area (Å²) in [6.45, 7) is 3.85. The third kappa shape index (κ3) is 5.00. The van der Waals surface area contributed by atoms with Crippen LogP contribution in [0.25, 0.3) is 0 Å². The number of sulfonamides is 1. The van der Waals surface area contributed by atoms with Gasteiger partial charge >= 0.3 is 0 Å². The lowest BCUT2D eigenvalue weighted by molar-refractivity contribution is -0.119. The molecule has 3 rings (SSSR count). The molecule has 0 radical (unpaired) electrons. The van der Waals surface area contributed by atoms with E-state index in [0.717, 1.165) is 21.0 Å². The quantitative estimate of drug-likeness (QED) is 0.650. The normalized spacial score (nSPS) is 11.1. The number of nitrogens with one attached hydrogen (secondary N) is 1. The molecule has 6 nitrogen and oxygen atoms in total. The van der Waals surface area contributed by atoms with Gasteiger partial charge in [0.2, 0.25) is 5.91 Å². The van der Waals surface area contributed by atoms with Gasteiger partial charge in [0.1, 0.15) is 6.54 Å². The molecule has 2 aromatic carbocycles. The Morgan fingerprint density at radius 3 is 2.31 bits per heavy atom. The number of anilines is 1. The van der Waals surface area contributed by atoms with E-state index in [2.05, 4.69) is 10.3 Å². The standard InChI is InChI=1S/C22H23N3O3S/c1-17-8-9-20(14-18(17)2)25(29(27,28)21-6-4-3-5-7-21)16-22(26)24-15-19-10-12-23-13-11-19/h3-14H,15-16H2,1-2H3,(H,24,26). The van der Waals surface area contributed by atoms with Crippen LogP contribution in [0.15, 0.2) is 78.0 Å². The van der Waals surface area contributed by atoms with Crippen LogP contribution in [0.2, 0.25) is 0 Å². The van der Waals surface area contributed by atoms with E-state index in [-0.39, 0.29) is 17.3 Å². The van der Waals surface area contributed by atoms with Crippen LogP contribution in [-0.2, 0) is 21.4 Å². The maximum absolute atomic E-state index is 13.3. The molecule has 0 saturated carbocycles. The van der Waals surface area contributed by atoms with Crippen molar-refractivity contribution in [1.29, 1.82) is 0 Å². The van der Waals surface area contributed by atoms with Gasteiger partial charge in [0.25, 0.3) is 10.0 Å². The molecule has 0 bridgehead atoms.